The molecule has 0 spiro atoms. The number of anilines is 1. The molecule has 1 aromatic rings. The van der Waals surface area contributed by atoms with Crippen LogP contribution in [0.15, 0.2) is 12.3 Å². The molecule has 0 amide bonds. The zero-order valence-electron chi connectivity index (χ0n) is 12.6. The topological polar surface area (TPSA) is 31.4 Å². The lowest BCUT2D eigenvalue weighted by Gasteiger charge is -2.34. The van der Waals surface area contributed by atoms with Crippen LogP contribution in [0.25, 0.3) is 0 Å². The number of alkyl halides is 3. The minimum atomic E-state index is -4.43. The Bertz CT molecular complexity index is 501. The zero-order chi connectivity index (χ0) is 16.3. The Balaban J connectivity index is 1.92. The van der Waals surface area contributed by atoms with Crippen LogP contribution in [0.4, 0.5) is 19.0 Å². The first-order valence-electron chi connectivity index (χ1n) is 7.16. The van der Waals surface area contributed by atoms with Crippen LogP contribution < -0.4 is 5.32 Å². The van der Waals surface area contributed by atoms with Crippen molar-refractivity contribution in [2.24, 2.45) is 0 Å². The fourth-order valence-electron chi connectivity index (χ4n) is 2.40. The van der Waals surface area contributed by atoms with E-state index in [0.29, 0.717) is 0 Å². The Hall–Kier alpha value is -1.05. The third-order valence-electron chi connectivity index (χ3n) is 3.68. The van der Waals surface area contributed by atoms with Crippen LogP contribution in [0.2, 0.25) is 5.02 Å². The fourth-order valence-corrected chi connectivity index (χ4v) is 2.62. The standard InChI is InChI=1S/C14H20ClF3N4/c1-10(9-22-5-3-21(2)4-6-22)20-13-12(15)7-11(8-19-13)14(16,17)18/h7-8,10H,3-6,9H2,1-2H3,(H,19,20). The van der Waals surface area contributed by atoms with Gasteiger partial charge in [0.2, 0.25) is 0 Å². The highest BCUT2D eigenvalue weighted by Gasteiger charge is 2.31. The van der Waals surface area contributed by atoms with Crippen molar-refractivity contribution in [3.63, 3.8) is 0 Å². The Kier molecular flexibility index (Phi) is 5.52. The van der Waals surface area contributed by atoms with Crippen molar-refractivity contribution < 1.29 is 13.2 Å². The summed E-state index contributed by atoms with van der Waals surface area (Å²) in [6.45, 7) is 6.77. The first-order valence-corrected chi connectivity index (χ1v) is 7.53. The summed E-state index contributed by atoms with van der Waals surface area (Å²) >= 11 is 5.90. The van der Waals surface area contributed by atoms with Crippen molar-refractivity contribution in [2.45, 2.75) is 19.1 Å². The van der Waals surface area contributed by atoms with E-state index in [1.54, 1.807) is 0 Å². The molecule has 1 aromatic heterocycles. The quantitative estimate of drug-likeness (QED) is 0.916. The summed E-state index contributed by atoms with van der Waals surface area (Å²) in [5.41, 5.74) is -0.838. The van der Waals surface area contributed by atoms with E-state index in [4.69, 9.17) is 11.6 Å². The molecule has 8 heteroatoms. The van der Waals surface area contributed by atoms with Gasteiger partial charge in [0, 0.05) is 45.0 Å². The molecule has 22 heavy (non-hydrogen) atoms. The molecule has 1 unspecified atom stereocenters. The highest BCUT2D eigenvalue weighted by molar-refractivity contribution is 6.33. The van der Waals surface area contributed by atoms with E-state index in [9.17, 15) is 13.2 Å². The molecule has 2 heterocycles. The number of piperazine rings is 1. The van der Waals surface area contributed by atoms with Crippen molar-refractivity contribution in [1.29, 1.82) is 0 Å². The van der Waals surface area contributed by atoms with E-state index in [0.717, 1.165) is 45.0 Å². The number of nitrogens with zero attached hydrogens (tertiary/aromatic N) is 3. The maximum Gasteiger partial charge on any atom is 0.417 e. The number of rotatable bonds is 4. The molecule has 0 radical (unpaired) electrons. The average Bonchev–Trinajstić information content (AvgIpc) is 2.42. The van der Waals surface area contributed by atoms with Crippen LogP contribution in [0, 0.1) is 0 Å². The van der Waals surface area contributed by atoms with E-state index in [-0.39, 0.29) is 16.9 Å². The van der Waals surface area contributed by atoms with Gasteiger partial charge >= 0.3 is 6.18 Å². The first kappa shape index (κ1) is 17.3. The van der Waals surface area contributed by atoms with Gasteiger partial charge in [-0.05, 0) is 20.0 Å². The molecule has 2 rings (SSSR count). The molecule has 124 valence electrons. The smallest absolute Gasteiger partial charge is 0.365 e. The molecular weight excluding hydrogens is 317 g/mol. The summed E-state index contributed by atoms with van der Waals surface area (Å²) in [6.07, 6.45) is -3.63. The number of nitrogens with one attached hydrogen (secondary N) is 1. The molecule has 1 aliphatic heterocycles. The molecule has 1 aliphatic rings. The Morgan fingerprint density at radius 2 is 1.95 bits per heavy atom. The van der Waals surface area contributed by atoms with Gasteiger partial charge in [0.1, 0.15) is 5.82 Å². The van der Waals surface area contributed by atoms with Crippen molar-refractivity contribution in [3.05, 3.63) is 22.8 Å². The zero-order valence-corrected chi connectivity index (χ0v) is 13.4. The summed E-state index contributed by atoms with van der Waals surface area (Å²) in [7, 11) is 2.09. The summed E-state index contributed by atoms with van der Waals surface area (Å²) in [5, 5.41) is 3.07. The summed E-state index contributed by atoms with van der Waals surface area (Å²) < 4.78 is 37.7. The molecule has 0 aromatic carbocycles. The van der Waals surface area contributed by atoms with Gasteiger partial charge in [0.05, 0.1) is 10.6 Å². The number of pyridine rings is 1. The van der Waals surface area contributed by atoms with Gasteiger partial charge in [0.15, 0.2) is 0 Å². The molecule has 1 N–H and O–H groups in total. The minimum Gasteiger partial charge on any atom is -0.365 e. The normalized spacial score (nSPS) is 19.2. The van der Waals surface area contributed by atoms with E-state index in [2.05, 4.69) is 27.1 Å². The summed E-state index contributed by atoms with van der Waals surface area (Å²) in [4.78, 5) is 8.38. The van der Waals surface area contributed by atoms with Crippen LogP contribution in [-0.4, -0.2) is 60.6 Å². The largest absolute Gasteiger partial charge is 0.417 e. The van der Waals surface area contributed by atoms with Crippen molar-refractivity contribution in [3.8, 4) is 0 Å². The van der Waals surface area contributed by atoms with Crippen LogP contribution in [0.3, 0.4) is 0 Å². The lowest BCUT2D eigenvalue weighted by Crippen LogP contribution is -2.47. The van der Waals surface area contributed by atoms with Crippen molar-refractivity contribution in [1.82, 2.24) is 14.8 Å². The molecule has 1 atom stereocenters. The van der Waals surface area contributed by atoms with Crippen LogP contribution >= 0.6 is 11.6 Å². The van der Waals surface area contributed by atoms with Gasteiger partial charge < -0.3 is 10.2 Å². The Morgan fingerprint density at radius 3 is 2.50 bits per heavy atom. The average molecular weight is 337 g/mol. The highest BCUT2D eigenvalue weighted by Crippen LogP contribution is 2.32. The van der Waals surface area contributed by atoms with Crippen molar-refractivity contribution >= 4 is 17.4 Å². The Morgan fingerprint density at radius 1 is 1.32 bits per heavy atom. The van der Waals surface area contributed by atoms with E-state index in [1.807, 2.05) is 6.92 Å². The molecule has 0 bridgehead atoms. The minimum absolute atomic E-state index is 0.0138. The molecule has 4 nitrogen and oxygen atoms in total. The SMILES string of the molecule is CC(CN1CCN(C)CC1)Nc1ncc(C(F)(F)F)cc1Cl. The van der Waals surface area contributed by atoms with Gasteiger partial charge in [0.25, 0.3) is 0 Å². The maximum atomic E-state index is 12.6. The van der Waals surface area contributed by atoms with Gasteiger partial charge in [-0.15, -0.1) is 0 Å². The third-order valence-corrected chi connectivity index (χ3v) is 3.97. The van der Waals surface area contributed by atoms with Crippen LogP contribution in [0.1, 0.15) is 12.5 Å². The van der Waals surface area contributed by atoms with E-state index in [1.165, 1.54) is 0 Å². The molecule has 0 saturated carbocycles. The molecule has 1 fully saturated rings. The van der Waals surface area contributed by atoms with Gasteiger partial charge in [-0.25, -0.2) is 4.98 Å². The monoisotopic (exact) mass is 336 g/mol. The fraction of sp³-hybridized carbons (Fsp3) is 0.643. The second kappa shape index (κ2) is 7.02. The highest BCUT2D eigenvalue weighted by atomic mass is 35.5. The van der Waals surface area contributed by atoms with Gasteiger partial charge in [-0.2, -0.15) is 13.2 Å². The van der Waals surface area contributed by atoms with Crippen LogP contribution in [0.5, 0.6) is 0 Å². The summed E-state index contributed by atoms with van der Waals surface area (Å²) in [6, 6.07) is 0.949. The van der Waals surface area contributed by atoms with E-state index < -0.39 is 11.7 Å². The third kappa shape index (κ3) is 4.72. The van der Waals surface area contributed by atoms with Crippen molar-refractivity contribution in [2.75, 3.05) is 45.1 Å². The van der Waals surface area contributed by atoms with E-state index >= 15 is 0 Å². The Labute approximate surface area is 133 Å². The number of likely N-dealkylation sites (N-methyl/N-ethyl adjacent to an activating group) is 1. The second-order valence-corrected chi connectivity index (χ2v) is 6.11. The number of hydrogen-bond acceptors (Lipinski definition) is 4. The van der Waals surface area contributed by atoms with Gasteiger partial charge in [-0.3, -0.25) is 4.90 Å². The maximum absolute atomic E-state index is 12.6. The first-order chi connectivity index (χ1) is 10.3. The second-order valence-electron chi connectivity index (χ2n) is 5.70. The van der Waals surface area contributed by atoms with Gasteiger partial charge in [-0.1, -0.05) is 11.6 Å². The molecule has 1 saturated heterocycles. The lowest BCUT2D eigenvalue weighted by atomic mass is 10.2. The summed E-state index contributed by atoms with van der Waals surface area (Å²) in [5.74, 6) is 0.288. The number of aromatic nitrogens is 1. The lowest BCUT2D eigenvalue weighted by molar-refractivity contribution is -0.137. The number of hydrogen-bond donors (Lipinski definition) is 1. The predicted octanol–water partition coefficient (Wildman–Crippen LogP) is 2.80. The molecule has 0 aliphatic carbocycles. The van der Waals surface area contributed by atoms with Crippen LogP contribution in [-0.2, 0) is 6.18 Å². The predicted molar refractivity (Wildman–Crippen MR) is 81.3 cm³/mol. The number of halogens is 4. The molecular formula is C14H20ClF3N4.